The largest absolute Gasteiger partial charge is 0.462 e. The van der Waals surface area contributed by atoms with Gasteiger partial charge in [-0.15, -0.1) is 0 Å². The summed E-state index contributed by atoms with van der Waals surface area (Å²) in [7, 11) is -4.23. The highest BCUT2D eigenvalue weighted by Gasteiger charge is 2.54. The van der Waals surface area contributed by atoms with Crippen LogP contribution < -0.4 is 14.9 Å². The van der Waals surface area contributed by atoms with E-state index in [1.54, 1.807) is 51.1 Å². The summed E-state index contributed by atoms with van der Waals surface area (Å²) in [6.07, 6.45) is -0.529. The molecule has 1 aromatic carbocycles. The van der Waals surface area contributed by atoms with Gasteiger partial charge in [-0.2, -0.15) is 5.09 Å². The third-order valence-electron chi connectivity index (χ3n) is 6.89. The lowest BCUT2D eigenvalue weighted by atomic mass is 9.96. The Morgan fingerprint density at radius 3 is 2.62 bits per heavy atom. The van der Waals surface area contributed by atoms with Crippen molar-refractivity contribution in [3.8, 4) is 5.75 Å². The standard InChI is InChI=1S/C27H37N6O8P/c1-15(2)39-25(35)16(3)32-42(37,41-19-9-7-6-8-10-19)38-13-20-22(34)27(5,36)26(40-20)33-14-28-21-23(31-18-11-12-18)29-17(4)30-24(21)33/h6-10,14-16,18,20,22,26,34,36H,11-13H2,1-5H3,(H,32,37)(H,29,30,31)/t16-,20+,22+,26+,27+,42?/m0/s1. The number of aliphatic hydroxyl groups is 2. The highest BCUT2D eigenvalue weighted by molar-refractivity contribution is 7.52. The first-order chi connectivity index (χ1) is 19.9. The van der Waals surface area contributed by atoms with Crippen molar-refractivity contribution in [1.82, 2.24) is 24.6 Å². The van der Waals surface area contributed by atoms with Crippen LogP contribution in [-0.4, -0.2) is 78.3 Å². The number of ether oxygens (including phenoxy) is 2. The van der Waals surface area contributed by atoms with E-state index < -0.39 is 50.4 Å². The number of aryl methyl sites for hydroxylation is 1. The molecule has 0 bridgehead atoms. The van der Waals surface area contributed by atoms with Gasteiger partial charge < -0.3 is 29.5 Å². The number of aliphatic hydroxyl groups excluding tert-OH is 1. The van der Waals surface area contributed by atoms with E-state index in [4.69, 9.17) is 18.5 Å². The summed E-state index contributed by atoms with van der Waals surface area (Å²) in [5.41, 5.74) is -0.883. The van der Waals surface area contributed by atoms with Gasteiger partial charge in [0.05, 0.1) is 19.0 Å². The fraction of sp³-hybridized carbons (Fsp3) is 0.556. The number of nitrogens with one attached hydrogen (secondary N) is 2. The molecule has 1 unspecified atom stereocenters. The molecule has 0 radical (unpaired) electrons. The predicted molar refractivity (Wildman–Crippen MR) is 152 cm³/mol. The van der Waals surface area contributed by atoms with Crippen LogP contribution in [0.4, 0.5) is 5.82 Å². The van der Waals surface area contributed by atoms with Crippen LogP contribution in [-0.2, 0) is 23.4 Å². The third kappa shape index (κ3) is 6.59. The molecule has 3 heterocycles. The number of fused-ring (bicyclic) bond motifs is 1. The van der Waals surface area contributed by atoms with Crippen molar-refractivity contribution in [2.75, 3.05) is 11.9 Å². The molecule has 14 nitrogen and oxygen atoms in total. The molecule has 228 valence electrons. The highest BCUT2D eigenvalue weighted by Crippen LogP contribution is 2.47. The highest BCUT2D eigenvalue weighted by atomic mass is 31.2. The molecule has 15 heteroatoms. The molecular formula is C27H37N6O8P. The van der Waals surface area contributed by atoms with Crippen LogP contribution in [0.25, 0.3) is 11.2 Å². The molecule has 1 aliphatic carbocycles. The zero-order valence-corrected chi connectivity index (χ0v) is 25.0. The molecule has 0 spiro atoms. The van der Waals surface area contributed by atoms with E-state index in [0.717, 1.165) is 12.8 Å². The molecule has 1 saturated carbocycles. The van der Waals surface area contributed by atoms with E-state index in [0.29, 0.717) is 28.8 Å². The average molecular weight is 605 g/mol. The third-order valence-corrected chi connectivity index (χ3v) is 8.54. The first kappa shape index (κ1) is 30.3. The van der Waals surface area contributed by atoms with Crippen molar-refractivity contribution in [3.05, 3.63) is 42.5 Å². The Morgan fingerprint density at radius 2 is 1.95 bits per heavy atom. The summed E-state index contributed by atoms with van der Waals surface area (Å²) in [5.74, 6) is 0.671. The van der Waals surface area contributed by atoms with E-state index in [9.17, 15) is 19.6 Å². The van der Waals surface area contributed by atoms with Gasteiger partial charge in [-0.3, -0.25) is 13.9 Å². The summed E-state index contributed by atoms with van der Waals surface area (Å²) in [5, 5.41) is 28.4. The van der Waals surface area contributed by atoms with Crippen molar-refractivity contribution < 1.29 is 38.1 Å². The van der Waals surface area contributed by atoms with E-state index in [2.05, 4.69) is 25.4 Å². The Balaban J connectivity index is 1.36. The average Bonchev–Trinajstić information content (AvgIpc) is 3.59. The Kier molecular flexibility index (Phi) is 8.57. The minimum atomic E-state index is -4.23. The number of benzene rings is 1. The normalized spacial score (nSPS) is 26.2. The molecule has 2 aliphatic rings. The van der Waals surface area contributed by atoms with Crippen LogP contribution in [0.15, 0.2) is 36.7 Å². The predicted octanol–water partition coefficient (Wildman–Crippen LogP) is 2.85. The Bertz CT molecular complexity index is 1460. The smallest absolute Gasteiger partial charge is 0.459 e. The second kappa shape index (κ2) is 11.9. The Hall–Kier alpha value is -3.13. The van der Waals surface area contributed by atoms with Gasteiger partial charge in [-0.05, 0) is 59.6 Å². The minimum Gasteiger partial charge on any atom is -0.462 e. The van der Waals surface area contributed by atoms with Crippen LogP contribution >= 0.6 is 7.75 Å². The Labute approximate surface area is 243 Å². The maximum atomic E-state index is 13.9. The second-order valence-corrected chi connectivity index (χ2v) is 12.8. The van der Waals surface area contributed by atoms with E-state index >= 15 is 0 Å². The number of hydrogen-bond donors (Lipinski definition) is 4. The van der Waals surface area contributed by atoms with Gasteiger partial charge >= 0.3 is 13.7 Å². The zero-order chi connectivity index (χ0) is 30.2. The van der Waals surface area contributed by atoms with Gasteiger partial charge in [0.25, 0.3) is 0 Å². The topological polar surface area (TPSA) is 179 Å². The maximum absolute atomic E-state index is 13.9. The first-order valence-corrected chi connectivity index (χ1v) is 15.4. The lowest BCUT2D eigenvalue weighted by molar-refractivity contribution is -0.149. The monoisotopic (exact) mass is 604 g/mol. The first-order valence-electron chi connectivity index (χ1n) is 13.9. The van der Waals surface area contributed by atoms with Crippen molar-refractivity contribution >= 4 is 30.7 Å². The van der Waals surface area contributed by atoms with Crippen molar-refractivity contribution in [1.29, 1.82) is 0 Å². The molecule has 42 heavy (non-hydrogen) atoms. The molecule has 1 aliphatic heterocycles. The van der Waals surface area contributed by atoms with E-state index in [-0.39, 0.29) is 11.9 Å². The fourth-order valence-corrected chi connectivity index (χ4v) is 6.10. The second-order valence-electron chi connectivity index (χ2n) is 11.1. The van der Waals surface area contributed by atoms with Crippen molar-refractivity contribution in [3.63, 3.8) is 0 Å². The van der Waals surface area contributed by atoms with Crippen LogP contribution in [0, 0.1) is 6.92 Å². The Morgan fingerprint density at radius 1 is 1.24 bits per heavy atom. The molecule has 6 atom stereocenters. The molecule has 1 saturated heterocycles. The summed E-state index contributed by atoms with van der Waals surface area (Å²) in [6, 6.07) is 7.58. The summed E-state index contributed by atoms with van der Waals surface area (Å²) >= 11 is 0. The molecule has 4 N–H and O–H groups in total. The van der Waals surface area contributed by atoms with Crippen LogP contribution in [0.2, 0.25) is 0 Å². The molecular weight excluding hydrogens is 567 g/mol. The fourth-order valence-electron chi connectivity index (χ4n) is 4.60. The number of hydrogen-bond acceptors (Lipinski definition) is 12. The summed E-state index contributed by atoms with van der Waals surface area (Å²) in [6.45, 7) is 7.59. The van der Waals surface area contributed by atoms with Crippen molar-refractivity contribution in [2.24, 2.45) is 0 Å². The molecule has 5 rings (SSSR count). The number of anilines is 1. The van der Waals surface area contributed by atoms with Gasteiger partial charge in [-0.1, -0.05) is 18.2 Å². The number of esters is 1. The maximum Gasteiger partial charge on any atom is 0.459 e. The molecule has 2 aromatic heterocycles. The molecule has 2 fully saturated rings. The van der Waals surface area contributed by atoms with E-state index in [1.165, 1.54) is 24.7 Å². The minimum absolute atomic E-state index is 0.228. The van der Waals surface area contributed by atoms with Gasteiger partial charge in [0.15, 0.2) is 23.2 Å². The number of imidazole rings is 1. The lowest BCUT2D eigenvalue weighted by Crippen LogP contribution is -2.44. The van der Waals surface area contributed by atoms with Crippen molar-refractivity contribution in [2.45, 2.75) is 89.7 Å². The summed E-state index contributed by atoms with van der Waals surface area (Å²) in [4.78, 5) is 25.9. The number of aromatic nitrogens is 4. The number of nitrogens with zero attached hydrogens (tertiary/aromatic N) is 4. The SMILES string of the molecule is Cc1nc(NC2CC2)c2ncn([C@@H]3O[C@H](COP(=O)(N[C@@H](C)C(=O)OC(C)C)Oc4ccccc4)[C@@H](O)[C@@]3(C)O)c2n1. The molecule has 0 amide bonds. The number of para-hydroxylation sites is 1. The molecule has 3 aromatic rings. The number of carbonyl (C=O) groups is 1. The van der Waals surface area contributed by atoms with Gasteiger partial charge in [0, 0.05) is 6.04 Å². The summed E-state index contributed by atoms with van der Waals surface area (Å²) < 4.78 is 38.1. The lowest BCUT2D eigenvalue weighted by Gasteiger charge is -2.27. The van der Waals surface area contributed by atoms with Crippen LogP contribution in [0.1, 0.15) is 52.6 Å². The van der Waals surface area contributed by atoms with Gasteiger partial charge in [0.1, 0.15) is 35.4 Å². The zero-order valence-electron chi connectivity index (χ0n) is 24.1. The van der Waals surface area contributed by atoms with E-state index in [1.807, 2.05) is 0 Å². The number of rotatable bonds is 12. The van der Waals surface area contributed by atoms with Crippen LogP contribution in [0.5, 0.6) is 5.75 Å². The quantitative estimate of drug-likeness (QED) is 0.175. The van der Waals surface area contributed by atoms with Gasteiger partial charge in [0.2, 0.25) is 0 Å². The number of carbonyl (C=O) groups excluding carboxylic acids is 1. The van der Waals surface area contributed by atoms with Gasteiger partial charge in [-0.25, -0.2) is 19.5 Å². The van der Waals surface area contributed by atoms with Crippen LogP contribution in [0.3, 0.4) is 0 Å².